The maximum atomic E-state index is 10.5. The number of phosphoric acid groups is 1. The number of aryl methyl sites for hydroxylation is 1. The van der Waals surface area contributed by atoms with Gasteiger partial charge in [0.15, 0.2) is 5.75 Å². The second-order valence-electron chi connectivity index (χ2n) is 2.64. The van der Waals surface area contributed by atoms with Crippen molar-refractivity contribution in [3.05, 3.63) is 27.7 Å². The fourth-order valence-corrected chi connectivity index (χ4v) is 2.11. The molecule has 0 amide bonds. The topological polar surface area (TPSA) is 66.8 Å². The van der Waals surface area contributed by atoms with E-state index in [1.807, 2.05) is 0 Å². The lowest BCUT2D eigenvalue weighted by Gasteiger charge is -2.10. The van der Waals surface area contributed by atoms with Crippen LogP contribution in [0.4, 0.5) is 0 Å². The van der Waals surface area contributed by atoms with Gasteiger partial charge in [-0.3, -0.25) is 9.79 Å². The Labute approximate surface area is 90.7 Å². The van der Waals surface area contributed by atoms with Gasteiger partial charge in [0.25, 0.3) is 0 Å². The van der Waals surface area contributed by atoms with Crippen LogP contribution in [0.15, 0.2) is 12.1 Å². The standard InChI is InChI=1S/C7H7Cl2O4P/c1-4-2-5(8)7(6(9)3-4)13-14(10,11)12/h2-3H,1H3,(H2,10,11,12). The van der Waals surface area contributed by atoms with E-state index in [1.54, 1.807) is 6.92 Å². The van der Waals surface area contributed by atoms with Gasteiger partial charge in [-0.2, -0.15) is 0 Å². The molecule has 2 N–H and O–H groups in total. The monoisotopic (exact) mass is 256 g/mol. The molecule has 0 unspecified atom stereocenters. The minimum absolute atomic E-state index is 0.0679. The summed E-state index contributed by atoms with van der Waals surface area (Å²) in [7, 11) is -4.63. The van der Waals surface area contributed by atoms with Crippen LogP contribution in [0.3, 0.4) is 0 Å². The molecule has 0 aliphatic rings. The van der Waals surface area contributed by atoms with Gasteiger partial charge >= 0.3 is 7.82 Å². The summed E-state index contributed by atoms with van der Waals surface area (Å²) in [4.78, 5) is 17.1. The molecule has 0 saturated heterocycles. The molecule has 0 aliphatic heterocycles. The molecule has 1 aromatic carbocycles. The number of phosphoric ester groups is 1. The fraction of sp³-hybridized carbons (Fsp3) is 0.143. The lowest BCUT2D eigenvalue weighted by molar-refractivity contribution is 0.283. The Hall–Kier alpha value is -0.250. The Morgan fingerprint density at radius 3 is 2.07 bits per heavy atom. The highest BCUT2D eigenvalue weighted by atomic mass is 35.5. The van der Waals surface area contributed by atoms with Gasteiger partial charge in [0.05, 0.1) is 10.0 Å². The maximum absolute atomic E-state index is 10.5. The molecule has 0 bridgehead atoms. The van der Waals surface area contributed by atoms with Gasteiger partial charge in [-0.05, 0) is 24.6 Å². The van der Waals surface area contributed by atoms with E-state index in [0.717, 1.165) is 5.56 Å². The van der Waals surface area contributed by atoms with Gasteiger partial charge < -0.3 is 4.52 Å². The van der Waals surface area contributed by atoms with Crippen molar-refractivity contribution in [1.82, 2.24) is 0 Å². The van der Waals surface area contributed by atoms with Gasteiger partial charge in [-0.25, -0.2) is 4.57 Å². The van der Waals surface area contributed by atoms with Crippen LogP contribution in [0.5, 0.6) is 5.75 Å². The van der Waals surface area contributed by atoms with Crippen molar-refractivity contribution < 1.29 is 18.9 Å². The smallest absolute Gasteiger partial charge is 0.401 e. The second kappa shape index (κ2) is 4.09. The summed E-state index contributed by atoms with van der Waals surface area (Å²) < 4.78 is 14.9. The largest absolute Gasteiger partial charge is 0.524 e. The third-order valence-corrected chi connectivity index (χ3v) is 2.33. The van der Waals surface area contributed by atoms with Crippen molar-refractivity contribution in [1.29, 1.82) is 0 Å². The molecule has 0 heterocycles. The molecular weight excluding hydrogens is 250 g/mol. The number of hydrogen-bond acceptors (Lipinski definition) is 2. The van der Waals surface area contributed by atoms with Crippen molar-refractivity contribution in [3.8, 4) is 5.75 Å². The van der Waals surface area contributed by atoms with Crippen LogP contribution >= 0.6 is 31.0 Å². The molecule has 0 aliphatic carbocycles. The van der Waals surface area contributed by atoms with E-state index in [4.69, 9.17) is 33.0 Å². The van der Waals surface area contributed by atoms with E-state index < -0.39 is 7.82 Å². The Morgan fingerprint density at radius 2 is 1.71 bits per heavy atom. The van der Waals surface area contributed by atoms with E-state index in [9.17, 15) is 4.57 Å². The molecule has 0 spiro atoms. The molecule has 0 radical (unpaired) electrons. The molecule has 7 heteroatoms. The van der Waals surface area contributed by atoms with Crippen LogP contribution in [-0.2, 0) is 4.57 Å². The first-order chi connectivity index (χ1) is 6.29. The molecular formula is C7H7Cl2O4P. The summed E-state index contributed by atoms with van der Waals surface area (Å²) >= 11 is 11.4. The van der Waals surface area contributed by atoms with Crippen LogP contribution in [0.1, 0.15) is 5.56 Å². The van der Waals surface area contributed by atoms with Crippen molar-refractivity contribution in [2.24, 2.45) is 0 Å². The van der Waals surface area contributed by atoms with Crippen LogP contribution in [0.25, 0.3) is 0 Å². The molecule has 0 atom stereocenters. The molecule has 14 heavy (non-hydrogen) atoms. The molecule has 1 rings (SSSR count). The van der Waals surface area contributed by atoms with Gasteiger partial charge in [-0.15, -0.1) is 0 Å². The molecule has 78 valence electrons. The minimum atomic E-state index is -4.63. The number of benzene rings is 1. The first-order valence-electron chi connectivity index (χ1n) is 3.50. The predicted molar refractivity (Wildman–Crippen MR) is 53.9 cm³/mol. The quantitative estimate of drug-likeness (QED) is 0.799. The van der Waals surface area contributed by atoms with E-state index in [2.05, 4.69) is 4.52 Å². The molecule has 1 aromatic rings. The zero-order valence-electron chi connectivity index (χ0n) is 7.07. The van der Waals surface area contributed by atoms with E-state index in [-0.39, 0.29) is 15.8 Å². The third kappa shape index (κ3) is 3.15. The summed E-state index contributed by atoms with van der Waals surface area (Å²) in [5.41, 5.74) is 0.776. The lowest BCUT2D eigenvalue weighted by atomic mass is 10.2. The Balaban J connectivity index is 3.15. The average molecular weight is 257 g/mol. The third-order valence-electron chi connectivity index (χ3n) is 1.35. The normalized spacial score (nSPS) is 11.5. The van der Waals surface area contributed by atoms with Crippen LogP contribution in [0, 0.1) is 6.92 Å². The lowest BCUT2D eigenvalue weighted by Crippen LogP contribution is -1.92. The first kappa shape index (κ1) is 11.8. The van der Waals surface area contributed by atoms with E-state index in [0.29, 0.717) is 0 Å². The molecule has 0 aromatic heterocycles. The van der Waals surface area contributed by atoms with Crippen molar-refractivity contribution in [2.75, 3.05) is 0 Å². The minimum Gasteiger partial charge on any atom is -0.401 e. The number of halogens is 2. The summed E-state index contributed by atoms with van der Waals surface area (Å²) in [6.07, 6.45) is 0. The summed E-state index contributed by atoms with van der Waals surface area (Å²) in [5.74, 6) is -0.202. The van der Waals surface area contributed by atoms with Crippen molar-refractivity contribution in [3.63, 3.8) is 0 Å². The van der Waals surface area contributed by atoms with Gasteiger partial charge in [0, 0.05) is 0 Å². The average Bonchev–Trinajstić information content (AvgIpc) is 1.95. The zero-order chi connectivity index (χ0) is 10.9. The van der Waals surface area contributed by atoms with Crippen LogP contribution in [-0.4, -0.2) is 9.79 Å². The van der Waals surface area contributed by atoms with Crippen LogP contribution < -0.4 is 4.52 Å². The maximum Gasteiger partial charge on any atom is 0.524 e. The van der Waals surface area contributed by atoms with E-state index >= 15 is 0 Å². The summed E-state index contributed by atoms with van der Waals surface area (Å²) in [5, 5.41) is 0.136. The Morgan fingerprint density at radius 1 is 1.29 bits per heavy atom. The Bertz CT molecular complexity index is 378. The number of rotatable bonds is 2. The fourth-order valence-electron chi connectivity index (χ4n) is 0.893. The van der Waals surface area contributed by atoms with Crippen molar-refractivity contribution in [2.45, 2.75) is 6.92 Å². The van der Waals surface area contributed by atoms with Crippen LogP contribution in [0.2, 0.25) is 10.0 Å². The van der Waals surface area contributed by atoms with Gasteiger partial charge in [0.2, 0.25) is 0 Å². The highest BCUT2D eigenvalue weighted by Gasteiger charge is 2.20. The highest BCUT2D eigenvalue weighted by molar-refractivity contribution is 7.46. The molecule has 0 fully saturated rings. The SMILES string of the molecule is Cc1cc(Cl)c(OP(=O)(O)O)c(Cl)c1. The second-order valence-corrected chi connectivity index (χ2v) is 4.62. The van der Waals surface area contributed by atoms with Crippen molar-refractivity contribution >= 4 is 31.0 Å². The summed E-state index contributed by atoms with van der Waals surface area (Å²) in [6.45, 7) is 1.75. The highest BCUT2D eigenvalue weighted by Crippen LogP contribution is 2.44. The summed E-state index contributed by atoms with van der Waals surface area (Å²) in [6, 6.07) is 3.00. The van der Waals surface area contributed by atoms with Gasteiger partial charge in [-0.1, -0.05) is 23.2 Å². The molecule has 4 nitrogen and oxygen atoms in total. The van der Waals surface area contributed by atoms with E-state index in [1.165, 1.54) is 12.1 Å². The van der Waals surface area contributed by atoms with Gasteiger partial charge in [0.1, 0.15) is 0 Å². The predicted octanol–water partition coefficient (Wildman–Crippen LogP) is 2.77. The Kier molecular flexibility index (Phi) is 3.45. The number of hydrogen-bond donors (Lipinski definition) is 2. The molecule has 0 saturated carbocycles. The first-order valence-corrected chi connectivity index (χ1v) is 5.79. The zero-order valence-corrected chi connectivity index (χ0v) is 9.48.